The average Bonchev–Trinajstić information content (AvgIpc) is 2.29. The lowest BCUT2D eigenvalue weighted by atomic mass is 9.62. The number of aliphatic carboxylic acids is 2. The van der Waals surface area contributed by atoms with Crippen LogP contribution in [-0.4, -0.2) is 39.8 Å². The van der Waals surface area contributed by atoms with Crippen LogP contribution in [0, 0.1) is 10.8 Å². The lowest BCUT2D eigenvalue weighted by Crippen LogP contribution is -2.63. The molecular formula is C14H21NO6. The van der Waals surface area contributed by atoms with Crippen molar-refractivity contribution in [3.63, 3.8) is 0 Å². The Hall–Kier alpha value is -1.89. The van der Waals surface area contributed by atoms with E-state index in [-0.39, 0.29) is 6.42 Å². The number of hydrogen-bond acceptors (Lipinski definition) is 5. The molecule has 0 amide bonds. The van der Waals surface area contributed by atoms with Gasteiger partial charge in [0, 0.05) is 0 Å². The van der Waals surface area contributed by atoms with E-state index in [2.05, 4.69) is 0 Å². The molecule has 0 aromatic heterocycles. The van der Waals surface area contributed by atoms with E-state index >= 15 is 0 Å². The van der Waals surface area contributed by atoms with Gasteiger partial charge in [0.25, 0.3) is 0 Å². The predicted octanol–water partition coefficient (Wildman–Crippen LogP) is 0.777. The van der Waals surface area contributed by atoms with Gasteiger partial charge in [-0.15, -0.1) is 0 Å². The molecule has 118 valence electrons. The van der Waals surface area contributed by atoms with Crippen LogP contribution in [0.4, 0.5) is 0 Å². The summed E-state index contributed by atoms with van der Waals surface area (Å²) in [7, 11) is 0. The number of ether oxygens (including phenoxy) is 1. The van der Waals surface area contributed by atoms with E-state index in [0.717, 1.165) is 6.08 Å². The minimum absolute atomic E-state index is 0.0430. The third-order valence-corrected chi connectivity index (χ3v) is 3.68. The summed E-state index contributed by atoms with van der Waals surface area (Å²) in [6.45, 7) is 6.10. The Kier molecular flexibility index (Phi) is 4.20. The van der Waals surface area contributed by atoms with E-state index < -0.39 is 40.4 Å². The smallest absolute Gasteiger partial charge is 0.329 e. The standard InChI is InChI=1S/C14H21NO6/c1-12(2,3)21-11(20)14(10(18)19)7-5-6-13(4,8(14)15)9(16)17/h5,7-8H,6,15H2,1-4H3,(H,16,17)(H,18,19). The Morgan fingerprint density at radius 3 is 2.14 bits per heavy atom. The highest BCUT2D eigenvalue weighted by atomic mass is 16.6. The molecule has 3 atom stereocenters. The molecule has 3 unspecified atom stereocenters. The zero-order valence-electron chi connectivity index (χ0n) is 12.5. The maximum absolute atomic E-state index is 12.4. The first-order valence-electron chi connectivity index (χ1n) is 6.51. The molecule has 0 saturated carbocycles. The molecule has 0 aliphatic heterocycles. The van der Waals surface area contributed by atoms with Gasteiger partial charge in [0.1, 0.15) is 5.60 Å². The molecule has 21 heavy (non-hydrogen) atoms. The Labute approximate surface area is 122 Å². The SMILES string of the molecule is CC(C)(C)OC(=O)C1(C(=O)O)C=CCC(C)(C(=O)O)C1N. The molecule has 0 bridgehead atoms. The number of rotatable bonds is 3. The number of carbonyl (C=O) groups excluding carboxylic acids is 1. The van der Waals surface area contributed by atoms with Gasteiger partial charge in [-0.05, 0) is 34.1 Å². The van der Waals surface area contributed by atoms with Crippen LogP contribution in [0.1, 0.15) is 34.1 Å². The van der Waals surface area contributed by atoms with Gasteiger partial charge < -0.3 is 20.7 Å². The molecule has 0 aromatic rings. The van der Waals surface area contributed by atoms with E-state index in [1.54, 1.807) is 20.8 Å². The molecule has 0 aromatic carbocycles. The molecule has 0 radical (unpaired) electrons. The quantitative estimate of drug-likeness (QED) is 0.399. The van der Waals surface area contributed by atoms with Gasteiger partial charge >= 0.3 is 17.9 Å². The second kappa shape index (κ2) is 5.14. The van der Waals surface area contributed by atoms with Gasteiger partial charge in [-0.3, -0.25) is 14.4 Å². The number of carbonyl (C=O) groups is 3. The van der Waals surface area contributed by atoms with Crippen molar-refractivity contribution in [3.05, 3.63) is 12.2 Å². The summed E-state index contributed by atoms with van der Waals surface area (Å²) in [4.78, 5) is 35.5. The van der Waals surface area contributed by atoms with E-state index in [0.29, 0.717) is 0 Å². The van der Waals surface area contributed by atoms with Crippen molar-refractivity contribution in [1.82, 2.24) is 0 Å². The number of carboxylic acid groups (broad SMARTS) is 2. The highest BCUT2D eigenvalue weighted by Gasteiger charge is 2.61. The van der Waals surface area contributed by atoms with E-state index in [9.17, 15) is 24.6 Å². The molecule has 0 heterocycles. The summed E-state index contributed by atoms with van der Waals surface area (Å²) in [5.74, 6) is -3.83. The third kappa shape index (κ3) is 2.78. The van der Waals surface area contributed by atoms with E-state index in [1.807, 2.05) is 0 Å². The van der Waals surface area contributed by atoms with Gasteiger partial charge in [0.05, 0.1) is 11.5 Å². The number of nitrogens with two attached hydrogens (primary N) is 1. The second-order valence-electron chi connectivity index (χ2n) is 6.48. The van der Waals surface area contributed by atoms with Gasteiger partial charge in [-0.25, -0.2) is 0 Å². The minimum Gasteiger partial charge on any atom is -0.481 e. The summed E-state index contributed by atoms with van der Waals surface area (Å²) >= 11 is 0. The van der Waals surface area contributed by atoms with Crippen LogP contribution in [0.2, 0.25) is 0 Å². The Morgan fingerprint density at radius 2 is 1.76 bits per heavy atom. The lowest BCUT2D eigenvalue weighted by molar-refractivity contribution is -0.178. The maximum atomic E-state index is 12.4. The van der Waals surface area contributed by atoms with Crippen LogP contribution in [0.5, 0.6) is 0 Å². The Balaban J connectivity index is 3.38. The van der Waals surface area contributed by atoms with Crippen molar-refractivity contribution in [2.45, 2.75) is 45.8 Å². The van der Waals surface area contributed by atoms with Crippen LogP contribution >= 0.6 is 0 Å². The Bertz CT molecular complexity index is 506. The summed E-state index contributed by atoms with van der Waals surface area (Å²) in [5, 5.41) is 18.9. The monoisotopic (exact) mass is 299 g/mol. The summed E-state index contributed by atoms with van der Waals surface area (Å²) < 4.78 is 5.14. The fraction of sp³-hybridized carbons (Fsp3) is 0.643. The van der Waals surface area contributed by atoms with Gasteiger partial charge in [0.15, 0.2) is 5.41 Å². The highest BCUT2D eigenvalue weighted by molar-refractivity contribution is 6.04. The van der Waals surface area contributed by atoms with E-state index in [4.69, 9.17) is 10.5 Å². The van der Waals surface area contributed by atoms with Crippen molar-refractivity contribution in [3.8, 4) is 0 Å². The van der Waals surface area contributed by atoms with Gasteiger partial charge in [0.2, 0.25) is 0 Å². The zero-order valence-corrected chi connectivity index (χ0v) is 12.5. The first-order chi connectivity index (χ1) is 9.38. The molecular weight excluding hydrogens is 278 g/mol. The fourth-order valence-electron chi connectivity index (χ4n) is 2.29. The zero-order chi connectivity index (χ0) is 16.6. The normalized spacial score (nSPS) is 32.5. The molecule has 7 heteroatoms. The van der Waals surface area contributed by atoms with Crippen molar-refractivity contribution >= 4 is 17.9 Å². The number of allylic oxidation sites excluding steroid dienone is 1. The number of hydrogen-bond donors (Lipinski definition) is 3. The molecule has 0 saturated heterocycles. The number of esters is 1. The largest absolute Gasteiger partial charge is 0.481 e. The van der Waals surface area contributed by atoms with Crippen molar-refractivity contribution in [1.29, 1.82) is 0 Å². The first-order valence-corrected chi connectivity index (χ1v) is 6.51. The molecule has 4 N–H and O–H groups in total. The molecule has 0 fully saturated rings. The van der Waals surface area contributed by atoms with E-state index in [1.165, 1.54) is 13.0 Å². The van der Waals surface area contributed by atoms with Crippen LogP contribution < -0.4 is 5.73 Å². The van der Waals surface area contributed by atoms with Crippen LogP contribution in [0.25, 0.3) is 0 Å². The molecule has 0 spiro atoms. The average molecular weight is 299 g/mol. The fourth-order valence-corrected chi connectivity index (χ4v) is 2.29. The summed E-state index contributed by atoms with van der Waals surface area (Å²) in [6.07, 6.45) is 2.54. The maximum Gasteiger partial charge on any atom is 0.329 e. The predicted molar refractivity (Wildman–Crippen MR) is 73.4 cm³/mol. The summed E-state index contributed by atoms with van der Waals surface area (Å²) in [5.41, 5.74) is 1.21. The highest BCUT2D eigenvalue weighted by Crippen LogP contribution is 2.43. The molecule has 1 aliphatic rings. The van der Waals surface area contributed by atoms with Gasteiger partial charge in [-0.2, -0.15) is 0 Å². The minimum atomic E-state index is -2.21. The van der Waals surface area contributed by atoms with Crippen molar-refractivity contribution < 1.29 is 29.3 Å². The van der Waals surface area contributed by atoms with Gasteiger partial charge in [-0.1, -0.05) is 12.2 Å². The Morgan fingerprint density at radius 1 is 1.24 bits per heavy atom. The molecule has 1 aliphatic carbocycles. The molecule has 1 rings (SSSR count). The van der Waals surface area contributed by atoms with Crippen molar-refractivity contribution in [2.24, 2.45) is 16.6 Å². The molecule has 7 nitrogen and oxygen atoms in total. The van der Waals surface area contributed by atoms with Crippen molar-refractivity contribution in [2.75, 3.05) is 0 Å². The second-order valence-corrected chi connectivity index (χ2v) is 6.48. The first kappa shape index (κ1) is 17.2. The van der Waals surface area contributed by atoms with Crippen LogP contribution in [0.15, 0.2) is 12.2 Å². The summed E-state index contributed by atoms with van der Waals surface area (Å²) in [6, 6.07) is -1.44. The van der Waals surface area contributed by atoms with Crippen LogP contribution in [0.3, 0.4) is 0 Å². The topological polar surface area (TPSA) is 127 Å². The number of carboxylic acids is 2. The lowest BCUT2D eigenvalue weighted by Gasteiger charge is -2.43. The van der Waals surface area contributed by atoms with Crippen LogP contribution in [-0.2, 0) is 19.1 Å². The third-order valence-electron chi connectivity index (χ3n) is 3.68.